The van der Waals surface area contributed by atoms with Crippen LogP contribution in [0.2, 0.25) is 0 Å². The molecule has 0 aliphatic carbocycles. The number of hydrogen-bond donors (Lipinski definition) is 1. The van der Waals surface area contributed by atoms with Crippen molar-refractivity contribution in [3.05, 3.63) is 66.7 Å². The zero-order valence-corrected chi connectivity index (χ0v) is 16.7. The topological polar surface area (TPSA) is 68.6 Å². The van der Waals surface area contributed by atoms with Crippen LogP contribution in [-0.4, -0.2) is 52.7 Å². The van der Waals surface area contributed by atoms with Crippen molar-refractivity contribution in [2.24, 2.45) is 0 Å². The van der Waals surface area contributed by atoms with Crippen molar-refractivity contribution in [1.82, 2.24) is 14.5 Å². The van der Waals surface area contributed by atoms with Gasteiger partial charge in [0.15, 0.2) is 11.5 Å². The fourth-order valence-corrected chi connectivity index (χ4v) is 4.02. The predicted octanol–water partition coefficient (Wildman–Crippen LogP) is 3.36. The summed E-state index contributed by atoms with van der Waals surface area (Å²) in [5.41, 5.74) is 2.68. The average molecular weight is 404 g/mol. The Morgan fingerprint density at radius 1 is 1.07 bits per heavy atom. The Morgan fingerprint density at radius 3 is 2.70 bits per heavy atom. The minimum absolute atomic E-state index is 0.0702. The van der Waals surface area contributed by atoms with E-state index in [0.717, 1.165) is 42.3 Å². The van der Waals surface area contributed by atoms with Crippen LogP contribution in [0.3, 0.4) is 0 Å². The lowest BCUT2D eigenvalue weighted by Crippen LogP contribution is -2.45. The summed E-state index contributed by atoms with van der Waals surface area (Å²) >= 11 is 0. The zero-order chi connectivity index (χ0) is 20.3. The number of rotatable bonds is 4. The van der Waals surface area contributed by atoms with Crippen LogP contribution >= 0.6 is 0 Å². The van der Waals surface area contributed by atoms with E-state index in [1.807, 2.05) is 58.1 Å². The van der Waals surface area contributed by atoms with E-state index in [4.69, 9.17) is 9.47 Å². The highest BCUT2D eigenvalue weighted by Gasteiger charge is 2.25. The van der Waals surface area contributed by atoms with E-state index in [-0.39, 0.29) is 11.9 Å². The second-order valence-electron chi connectivity index (χ2n) is 7.61. The van der Waals surface area contributed by atoms with Crippen LogP contribution in [0.1, 0.15) is 23.2 Å². The number of ether oxygens (including phenoxy) is 2. The number of likely N-dealkylation sites (tertiary alicyclic amines) is 1. The molecule has 0 saturated carbocycles. The first-order chi connectivity index (χ1) is 14.8. The first-order valence-corrected chi connectivity index (χ1v) is 10.3. The number of amides is 1. The van der Waals surface area contributed by atoms with Crippen molar-refractivity contribution in [1.29, 1.82) is 0 Å². The van der Waals surface area contributed by atoms with Crippen LogP contribution in [0.15, 0.2) is 61.2 Å². The Morgan fingerprint density at radius 2 is 1.90 bits per heavy atom. The van der Waals surface area contributed by atoms with Crippen molar-refractivity contribution in [2.45, 2.75) is 18.9 Å². The molecular weight excluding hydrogens is 380 g/mol. The van der Waals surface area contributed by atoms with Crippen molar-refractivity contribution < 1.29 is 14.3 Å². The standard InChI is InChI=1S/C23H24N4O3/c28-23(17-3-6-20(7-4-17)27-11-9-24-16-27)26-10-1-2-19(15-26)25-18-5-8-21-22(14-18)30-13-12-29-21/h3-9,11,14,16,19,25H,1-2,10,12-13,15H2. The number of hydrogen-bond acceptors (Lipinski definition) is 5. The van der Waals surface area contributed by atoms with Gasteiger partial charge in [-0.15, -0.1) is 0 Å². The monoisotopic (exact) mass is 404 g/mol. The fraction of sp³-hybridized carbons (Fsp3) is 0.304. The largest absolute Gasteiger partial charge is 0.486 e. The molecule has 2 aliphatic heterocycles. The Bertz CT molecular complexity index is 1020. The minimum atomic E-state index is 0.0702. The van der Waals surface area contributed by atoms with Gasteiger partial charge in [0.05, 0.1) is 6.33 Å². The highest BCUT2D eigenvalue weighted by molar-refractivity contribution is 5.94. The van der Waals surface area contributed by atoms with E-state index in [9.17, 15) is 4.79 Å². The van der Waals surface area contributed by atoms with Gasteiger partial charge in [-0.2, -0.15) is 0 Å². The Hall–Kier alpha value is -3.48. The maximum Gasteiger partial charge on any atom is 0.253 e. The van der Waals surface area contributed by atoms with E-state index in [2.05, 4.69) is 10.3 Å². The van der Waals surface area contributed by atoms with Gasteiger partial charge in [0.25, 0.3) is 5.91 Å². The molecule has 0 radical (unpaired) electrons. The van der Waals surface area contributed by atoms with E-state index in [0.29, 0.717) is 25.3 Å². The van der Waals surface area contributed by atoms with E-state index < -0.39 is 0 Å². The first kappa shape index (κ1) is 18.5. The van der Waals surface area contributed by atoms with Crippen molar-refractivity contribution in [3.63, 3.8) is 0 Å². The molecule has 1 saturated heterocycles. The fourth-order valence-electron chi connectivity index (χ4n) is 4.02. The van der Waals surface area contributed by atoms with Gasteiger partial charge in [0.2, 0.25) is 0 Å². The summed E-state index contributed by atoms with van der Waals surface area (Å²) in [6, 6.07) is 13.8. The highest BCUT2D eigenvalue weighted by Crippen LogP contribution is 2.33. The molecule has 1 N–H and O–H groups in total. The molecule has 1 aromatic heterocycles. The number of piperidine rings is 1. The van der Waals surface area contributed by atoms with E-state index in [1.165, 1.54) is 0 Å². The summed E-state index contributed by atoms with van der Waals surface area (Å²) in [5, 5.41) is 3.56. The average Bonchev–Trinajstić information content (AvgIpc) is 3.34. The third-order valence-corrected chi connectivity index (χ3v) is 5.54. The van der Waals surface area contributed by atoms with Gasteiger partial charge in [0, 0.05) is 54.5 Å². The molecule has 1 unspecified atom stereocenters. The van der Waals surface area contributed by atoms with Crippen molar-refractivity contribution in [3.8, 4) is 17.2 Å². The maximum absolute atomic E-state index is 13.0. The van der Waals surface area contributed by atoms with E-state index >= 15 is 0 Å². The molecule has 30 heavy (non-hydrogen) atoms. The smallest absolute Gasteiger partial charge is 0.253 e. The van der Waals surface area contributed by atoms with Crippen LogP contribution in [0.4, 0.5) is 5.69 Å². The number of carbonyl (C=O) groups excluding carboxylic acids is 1. The molecule has 1 fully saturated rings. The summed E-state index contributed by atoms with van der Waals surface area (Å²) in [7, 11) is 0. The highest BCUT2D eigenvalue weighted by atomic mass is 16.6. The lowest BCUT2D eigenvalue weighted by molar-refractivity contribution is 0.0715. The Balaban J connectivity index is 1.24. The molecule has 3 aromatic rings. The molecule has 0 spiro atoms. The molecule has 0 bridgehead atoms. The van der Waals surface area contributed by atoms with Crippen LogP contribution in [0, 0.1) is 0 Å². The molecule has 154 valence electrons. The number of nitrogens with zero attached hydrogens (tertiary/aromatic N) is 3. The normalized spacial score (nSPS) is 18.1. The maximum atomic E-state index is 13.0. The quantitative estimate of drug-likeness (QED) is 0.722. The molecule has 7 heteroatoms. The molecular formula is C23H24N4O3. The van der Waals surface area contributed by atoms with Gasteiger partial charge in [-0.3, -0.25) is 4.79 Å². The van der Waals surface area contributed by atoms with Gasteiger partial charge < -0.3 is 24.3 Å². The second-order valence-corrected chi connectivity index (χ2v) is 7.61. The molecule has 2 aliphatic rings. The number of aromatic nitrogens is 2. The van der Waals surface area contributed by atoms with Gasteiger partial charge in [-0.1, -0.05) is 0 Å². The summed E-state index contributed by atoms with van der Waals surface area (Å²) in [6.45, 7) is 2.61. The van der Waals surface area contributed by atoms with E-state index in [1.54, 1.807) is 12.5 Å². The van der Waals surface area contributed by atoms with Crippen molar-refractivity contribution >= 4 is 11.6 Å². The number of fused-ring (bicyclic) bond motifs is 1. The molecule has 5 rings (SSSR count). The summed E-state index contributed by atoms with van der Waals surface area (Å²) in [5.74, 6) is 1.63. The lowest BCUT2D eigenvalue weighted by atomic mass is 10.0. The third kappa shape index (κ3) is 3.83. The van der Waals surface area contributed by atoms with Gasteiger partial charge >= 0.3 is 0 Å². The molecule has 7 nitrogen and oxygen atoms in total. The molecule has 3 heterocycles. The summed E-state index contributed by atoms with van der Waals surface area (Å²) < 4.78 is 13.2. The van der Waals surface area contributed by atoms with Gasteiger partial charge in [0.1, 0.15) is 13.2 Å². The van der Waals surface area contributed by atoms with Crippen LogP contribution in [0.5, 0.6) is 11.5 Å². The Kier molecular flexibility index (Phi) is 5.01. The molecule has 1 atom stereocenters. The summed E-state index contributed by atoms with van der Waals surface area (Å²) in [6.07, 6.45) is 7.37. The Labute approximate surface area is 175 Å². The zero-order valence-electron chi connectivity index (χ0n) is 16.7. The first-order valence-electron chi connectivity index (χ1n) is 10.3. The van der Waals surface area contributed by atoms with Gasteiger partial charge in [-0.05, 0) is 49.2 Å². The third-order valence-electron chi connectivity index (χ3n) is 5.54. The summed E-state index contributed by atoms with van der Waals surface area (Å²) in [4.78, 5) is 19.0. The minimum Gasteiger partial charge on any atom is -0.486 e. The molecule has 2 aromatic carbocycles. The molecule has 1 amide bonds. The predicted molar refractivity (Wildman–Crippen MR) is 114 cm³/mol. The lowest BCUT2D eigenvalue weighted by Gasteiger charge is -2.34. The second kappa shape index (κ2) is 8.10. The van der Waals surface area contributed by atoms with Crippen LogP contribution in [-0.2, 0) is 0 Å². The van der Waals surface area contributed by atoms with Crippen LogP contribution < -0.4 is 14.8 Å². The number of anilines is 1. The van der Waals surface area contributed by atoms with Crippen LogP contribution in [0.25, 0.3) is 5.69 Å². The number of imidazole rings is 1. The number of carbonyl (C=O) groups is 1. The van der Waals surface area contributed by atoms with Crippen molar-refractivity contribution in [2.75, 3.05) is 31.6 Å². The SMILES string of the molecule is O=C(c1ccc(-n2ccnc2)cc1)N1CCCC(Nc2ccc3c(c2)OCCO3)C1. The van der Waals surface area contributed by atoms with Gasteiger partial charge in [-0.25, -0.2) is 4.98 Å². The number of benzene rings is 2. The number of nitrogens with one attached hydrogen (secondary N) is 1.